The van der Waals surface area contributed by atoms with E-state index in [1.807, 2.05) is 24.3 Å². The molecule has 1 rings (SSSR count). The van der Waals surface area contributed by atoms with Crippen molar-refractivity contribution >= 4 is 41.9 Å². The van der Waals surface area contributed by atoms with E-state index in [2.05, 4.69) is 34.8 Å². The van der Waals surface area contributed by atoms with Crippen molar-refractivity contribution in [3.63, 3.8) is 0 Å². The van der Waals surface area contributed by atoms with Crippen LogP contribution in [0.25, 0.3) is 0 Å². The molecule has 1 aromatic rings. The van der Waals surface area contributed by atoms with Crippen LogP contribution in [0.5, 0.6) is 0 Å². The van der Waals surface area contributed by atoms with Crippen LogP contribution in [-0.4, -0.2) is 69.7 Å². The number of nitrogens with one attached hydrogen (secondary N) is 3. The maximum atomic E-state index is 12.1. The van der Waals surface area contributed by atoms with Gasteiger partial charge in [-0.1, -0.05) is 26.0 Å². The van der Waals surface area contributed by atoms with Crippen molar-refractivity contribution in [1.29, 1.82) is 0 Å². The molecule has 0 heterocycles. The predicted octanol–water partition coefficient (Wildman–Crippen LogP) is 2.87. The molecule has 31 heavy (non-hydrogen) atoms. The Morgan fingerprint density at radius 1 is 1.19 bits per heavy atom. The Morgan fingerprint density at radius 3 is 2.48 bits per heavy atom. The lowest BCUT2D eigenvalue weighted by Crippen LogP contribution is -2.48. The van der Waals surface area contributed by atoms with Crippen LogP contribution < -0.4 is 16.0 Å². The molecule has 0 aliphatic carbocycles. The molecule has 0 spiro atoms. The van der Waals surface area contributed by atoms with Crippen molar-refractivity contribution < 1.29 is 14.3 Å². The van der Waals surface area contributed by atoms with Crippen molar-refractivity contribution in [2.45, 2.75) is 39.7 Å². The van der Waals surface area contributed by atoms with Crippen molar-refractivity contribution in [3.05, 3.63) is 35.4 Å². The highest BCUT2D eigenvalue weighted by molar-refractivity contribution is 14.0. The molecule has 0 saturated carbocycles. The lowest BCUT2D eigenvalue weighted by atomic mass is 10.0. The van der Waals surface area contributed by atoms with Gasteiger partial charge in [0.15, 0.2) is 5.96 Å². The van der Waals surface area contributed by atoms with Crippen LogP contribution in [0.2, 0.25) is 0 Å². The number of nitrogens with zero attached hydrogens (tertiary/aromatic N) is 2. The van der Waals surface area contributed by atoms with Crippen LogP contribution >= 0.6 is 24.0 Å². The zero-order valence-corrected chi connectivity index (χ0v) is 21.9. The Hall–Kier alpha value is -2.04. The standard InChI is InChI=1S/C22H37N5O3.HI/c1-7-30-22(29)26-19(13-16(2)3)15-25-21(23-4)24-12-11-17-9-8-10-18(14-17)20(28)27(5)6;/h8-10,14,16,19H,7,11-13,15H2,1-6H3,(H,26,29)(H2,23,24,25);1H. The summed E-state index contributed by atoms with van der Waals surface area (Å²) in [6, 6.07) is 7.59. The van der Waals surface area contributed by atoms with Gasteiger partial charge in [0.1, 0.15) is 0 Å². The molecule has 8 nitrogen and oxygen atoms in total. The molecule has 1 atom stereocenters. The second kappa shape index (κ2) is 15.7. The van der Waals surface area contributed by atoms with Gasteiger partial charge in [-0.2, -0.15) is 0 Å². The highest BCUT2D eigenvalue weighted by Crippen LogP contribution is 2.08. The van der Waals surface area contributed by atoms with Gasteiger partial charge in [-0.05, 0) is 43.4 Å². The minimum Gasteiger partial charge on any atom is -0.450 e. The van der Waals surface area contributed by atoms with Crippen molar-refractivity contribution in [2.75, 3.05) is 40.8 Å². The van der Waals surface area contributed by atoms with Crippen molar-refractivity contribution in [3.8, 4) is 0 Å². The number of rotatable bonds is 10. The molecule has 3 N–H and O–H groups in total. The molecule has 9 heteroatoms. The van der Waals surface area contributed by atoms with E-state index in [4.69, 9.17) is 4.74 Å². The predicted molar refractivity (Wildman–Crippen MR) is 136 cm³/mol. The van der Waals surface area contributed by atoms with Crippen LogP contribution in [0.1, 0.15) is 43.1 Å². The van der Waals surface area contributed by atoms with Gasteiger partial charge < -0.3 is 25.6 Å². The number of hydrogen-bond acceptors (Lipinski definition) is 4. The maximum absolute atomic E-state index is 12.1. The summed E-state index contributed by atoms with van der Waals surface area (Å²) in [5.74, 6) is 1.09. The number of ether oxygens (including phenoxy) is 1. The van der Waals surface area contributed by atoms with Gasteiger partial charge in [-0.25, -0.2) is 4.79 Å². The van der Waals surface area contributed by atoms with Gasteiger partial charge >= 0.3 is 6.09 Å². The smallest absolute Gasteiger partial charge is 0.407 e. The molecular formula is C22H38IN5O3. The fraction of sp³-hybridized carbons (Fsp3) is 0.591. The number of hydrogen-bond donors (Lipinski definition) is 3. The summed E-state index contributed by atoms with van der Waals surface area (Å²) >= 11 is 0. The number of amides is 2. The van der Waals surface area contributed by atoms with Crippen molar-refractivity contribution in [1.82, 2.24) is 20.9 Å². The number of benzene rings is 1. The van der Waals surface area contributed by atoms with E-state index in [1.165, 1.54) is 0 Å². The first-order chi connectivity index (χ1) is 14.3. The number of carbonyl (C=O) groups excluding carboxylic acids is 2. The first-order valence-electron chi connectivity index (χ1n) is 10.4. The van der Waals surface area contributed by atoms with Gasteiger partial charge in [0, 0.05) is 45.8 Å². The van der Waals surface area contributed by atoms with E-state index in [1.54, 1.807) is 33.0 Å². The minimum atomic E-state index is -0.403. The number of carbonyl (C=O) groups is 2. The minimum absolute atomic E-state index is 0. The van der Waals surface area contributed by atoms with E-state index in [0.717, 1.165) is 18.4 Å². The lowest BCUT2D eigenvalue weighted by Gasteiger charge is -2.22. The Labute approximate surface area is 203 Å². The highest BCUT2D eigenvalue weighted by atomic mass is 127. The molecule has 0 bridgehead atoms. The van der Waals surface area contributed by atoms with E-state index >= 15 is 0 Å². The second-order valence-electron chi connectivity index (χ2n) is 7.72. The van der Waals surface area contributed by atoms with Crippen LogP contribution in [0.15, 0.2) is 29.3 Å². The molecule has 0 fully saturated rings. The Balaban J connectivity index is 0.00000900. The second-order valence-corrected chi connectivity index (χ2v) is 7.72. The molecule has 1 aromatic carbocycles. The summed E-state index contributed by atoms with van der Waals surface area (Å²) in [4.78, 5) is 29.7. The quantitative estimate of drug-likeness (QED) is 0.238. The molecule has 0 saturated heterocycles. The number of alkyl carbamates (subject to hydrolysis) is 1. The molecule has 176 valence electrons. The van der Waals surface area contributed by atoms with Gasteiger partial charge in [0.25, 0.3) is 5.91 Å². The summed E-state index contributed by atoms with van der Waals surface area (Å²) in [5.41, 5.74) is 1.76. The zero-order valence-electron chi connectivity index (χ0n) is 19.5. The number of halogens is 1. The van der Waals surface area contributed by atoms with Gasteiger partial charge in [-0.15, -0.1) is 24.0 Å². The molecule has 0 aliphatic heterocycles. The number of aliphatic imine (C=N–C) groups is 1. The van der Waals surface area contributed by atoms with Crippen LogP contribution in [0.4, 0.5) is 4.79 Å². The summed E-state index contributed by atoms with van der Waals surface area (Å²) < 4.78 is 4.99. The number of guanidine groups is 1. The molecule has 0 radical (unpaired) electrons. The average molecular weight is 547 g/mol. The average Bonchev–Trinajstić information content (AvgIpc) is 2.69. The summed E-state index contributed by atoms with van der Waals surface area (Å²) in [6.45, 7) is 7.57. The Morgan fingerprint density at radius 2 is 1.90 bits per heavy atom. The molecule has 2 amide bonds. The van der Waals surface area contributed by atoms with E-state index in [0.29, 0.717) is 37.1 Å². The van der Waals surface area contributed by atoms with Crippen LogP contribution in [-0.2, 0) is 11.2 Å². The molecule has 0 aromatic heterocycles. The van der Waals surface area contributed by atoms with Crippen molar-refractivity contribution in [2.24, 2.45) is 10.9 Å². The summed E-state index contributed by atoms with van der Waals surface area (Å²) in [5, 5.41) is 9.43. The third-order valence-corrected chi connectivity index (χ3v) is 4.38. The van der Waals surface area contributed by atoms with Crippen LogP contribution in [0, 0.1) is 5.92 Å². The van der Waals surface area contributed by atoms with Gasteiger partial charge in [-0.3, -0.25) is 9.79 Å². The van der Waals surface area contributed by atoms with Gasteiger partial charge in [0.2, 0.25) is 0 Å². The molecule has 0 aliphatic rings. The normalized spacial score (nSPS) is 11.9. The lowest BCUT2D eigenvalue weighted by molar-refractivity contribution is 0.0827. The third-order valence-electron chi connectivity index (χ3n) is 4.38. The summed E-state index contributed by atoms with van der Waals surface area (Å²) in [6.07, 6.45) is 1.18. The topological polar surface area (TPSA) is 95.1 Å². The monoisotopic (exact) mass is 547 g/mol. The van der Waals surface area contributed by atoms with E-state index in [9.17, 15) is 9.59 Å². The third kappa shape index (κ3) is 11.8. The Bertz CT molecular complexity index is 710. The summed E-state index contributed by atoms with van der Waals surface area (Å²) in [7, 11) is 5.20. The first-order valence-corrected chi connectivity index (χ1v) is 10.4. The molecular weight excluding hydrogens is 509 g/mol. The largest absolute Gasteiger partial charge is 0.450 e. The fourth-order valence-electron chi connectivity index (χ4n) is 2.99. The zero-order chi connectivity index (χ0) is 22.5. The Kier molecular flexibility index (Phi) is 14.7. The van der Waals surface area contributed by atoms with Crippen LogP contribution in [0.3, 0.4) is 0 Å². The SMILES string of the molecule is CCOC(=O)NC(CNC(=NC)NCCc1cccc(C(=O)N(C)C)c1)CC(C)C.I. The first kappa shape index (κ1) is 29.0. The highest BCUT2D eigenvalue weighted by Gasteiger charge is 2.15. The maximum Gasteiger partial charge on any atom is 0.407 e. The van der Waals surface area contributed by atoms with Gasteiger partial charge in [0.05, 0.1) is 6.61 Å². The fourth-order valence-corrected chi connectivity index (χ4v) is 2.99. The van der Waals surface area contributed by atoms with E-state index < -0.39 is 6.09 Å². The van der Waals surface area contributed by atoms with E-state index in [-0.39, 0.29) is 35.9 Å². The molecule has 1 unspecified atom stereocenters.